The number of carbonyl (C=O) groups is 4. The van der Waals surface area contributed by atoms with E-state index in [0.717, 1.165) is 16.7 Å². The van der Waals surface area contributed by atoms with Gasteiger partial charge in [-0.1, -0.05) is 169 Å². The third-order valence-corrected chi connectivity index (χ3v) is 12.8. The van der Waals surface area contributed by atoms with E-state index in [-0.39, 0.29) is 48.7 Å². The lowest BCUT2D eigenvalue weighted by atomic mass is 9.95. The summed E-state index contributed by atoms with van der Waals surface area (Å²) < 4.78 is 65.2. The number of carbonyl (C=O) groups excluding carboxylic acids is 4. The first-order valence-electron chi connectivity index (χ1n) is 25.2. The fourth-order valence-electron chi connectivity index (χ4n) is 8.88. The molecule has 2 aliphatic heterocycles. The normalized spacial score (nSPS) is 22.7. The zero-order valence-electron chi connectivity index (χ0n) is 42.1. The summed E-state index contributed by atoms with van der Waals surface area (Å²) in [5, 5.41) is 4.21. The third-order valence-electron chi connectivity index (χ3n) is 12.8. The monoisotopic (exact) mass is 1050 g/mol. The lowest BCUT2D eigenvalue weighted by Crippen LogP contribution is -2.66. The Labute approximate surface area is 450 Å². The van der Waals surface area contributed by atoms with E-state index in [0.29, 0.717) is 0 Å². The topological polar surface area (TPSA) is 209 Å². The Kier molecular flexibility index (Phi) is 19.1. The van der Waals surface area contributed by atoms with Gasteiger partial charge in [0.05, 0.1) is 48.7 Å². The minimum Gasteiger partial charge on any atom is -0.459 e. The number of benzene rings is 7. The molecule has 0 aromatic heterocycles. The maximum Gasteiger partial charge on any atom is 0.338 e. The van der Waals surface area contributed by atoms with Crippen LogP contribution in [-0.2, 0) is 67.2 Å². The van der Waals surface area contributed by atoms with E-state index in [2.05, 4.69) is 10.0 Å². The summed E-state index contributed by atoms with van der Waals surface area (Å²) in [5.41, 5.74) is 13.2. The van der Waals surface area contributed by atoms with E-state index in [1.165, 1.54) is 36.4 Å². The van der Waals surface area contributed by atoms with E-state index < -0.39 is 91.8 Å². The Bertz CT molecular complexity index is 3050. The van der Waals surface area contributed by atoms with Crippen molar-refractivity contribution in [3.63, 3.8) is 0 Å². The number of nitrogens with zero attached hydrogens (tertiary/aromatic N) is 3. The van der Waals surface area contributed by atoms with Crippen molar-refractivity contribution in [2.24, 2.45) is 5.11 Å². The lowest BCUT2D eigenvalue weighted by molar-refractivity contribution is -0.350. The smallest absolute Gasteiger partial charge is 0.338 e. The van der Waals surface area contributed by atoms with E-state index >= 15 is 0 Å². The van der Waals surface area contributed by atoms with Gasteiger partial charge in [-0.3, -0.25) is 0 Å². The summed E-state index contributed by atoms with van der Waals surface area (Å²) in [6.07, 6.45) is -13.5. The Morgan fingerprint density at radius 2 is 0.795 bits per heavy atom. The summed E-state index contributed by atoms with van der Waals surface area (Å²) in [4.78, 5) is 60.2. The zero-order chi connectivity index (χ0) is 53.9. The quantitative estimate of drug-likeness (QED) is 0.0203. The maximum atomic E-state index is 14.5. The van der Waals surface area contributed by atoms with Crippen LogP contribution < -0.4 is 0 Å². The second-order valence-corrected chi connectivity index (χ2v) is 18.1. The van der Waals surface area contributed by atoms with Crippen LogP contribution in [-0.4, -0.2) is 98.4 Å². The van der Waals surface area contributed by atoms with Gasteiger partial charge in [0.1, 0.15) is 37.1 Å². The average Bonchev–Trinajstić information content (AvgIpc) is 3.57. The van der Waals surface area contributed by atoms with Gasteiger partial charge >= 0.3 is 23.9 Å². The second-order valence-electron chi connectivity index (χ2n) is 18.1. The third kappa shape index (κ3) is 14.5. The van der Waals surface area contributed by atoms with E-state index in [1.54, 1.807) is 84.9 Å². The van der Waals surface area contributed by atoms with Crippen molar-refractivity contribution < 1.29 is 66.5 Å². The molecular weight excluding hydrogens is 999 g/mol. The highest BCUT2D eigenvalue weighted by atomic mass is 16.8. The summed E-state index contributed by atoms with van der Waals surface area (Å²) in [6.45, 7) is -0.648. The molecular formula is C61H55N3O14. The molecule has 10 atom stereocenters. The highest BCUT2D eigenvalue weighted by Crippen LogP contribution is 2.37. The van der Waals surface area contributed by atoms with Crippen molar-refractivity contribution in [3.8, 4) is 0 Å². The molecule has 2 aliphatic rings. The molecule has 0 radical (unpaired) electrons. The van der Waals surface area contributed by atoms with Gasteiger partial charge < -0.3 is 47.4 Å². The van der Waals surface area contributed by atoms with Crippen LogP contribution in [0.25, 0.3) is 10.4 Å². The molecule has 17 nitrogen and oxygen atoms in total. The van der Waals surface area contributed by atoms with Gasteiger partial charge in [-0.05, 0) is 70.8 Å². The molecule has 0 saturated carbocycles. The first-order valence-corrected chi connectivity index (χ1v) is 25.2. The molecule has 2 saturated heterocycles. The van der Waals surface area contributed by atoms with Crippen molar-refractivity contribution in [1.29, 1.82) is 0 Å². The van der Waals surface area contributed by atoms with Crippen LogP contribution in [0.5, 0.6) is 0 Å². The van der Waals surface area contributed by atoms with Gasteiger partial charge in [0.2, 0.25) is 0 Å². The van der Waals surface area contributed by atoms with Gasteiger partial charge in [-0.2, -0.15) is 0 Å². The summed E-state index contributed by atoms with van der Waals surface area (Å²) >= 11 is 0. The molecule has 9 rings (SSSR count). The van der Waals surface area contributed by atoms with Crippen molar-refractivity contribution in [2.75, 3.05) is 13.2 Å². The standard InChI is InChI=1S/C61H55N3O14/c62-64-63-50-53(70-37-42-24-10-2-11-25-42)51(48(39-69-36-41-22-8-1-9-23-41)73-60(50)72-38-43-26-12-3-13-27-43)78-61-55(77-59(68)47-34-20-7-21-35-47)54(76-58(67)46-32-18-6-19-33-46)52(75-57(66)45-30-16-5-17-31-45)49(74-61)40-71-56(65)44-28-14-4-15-29-44/h1-35,48-55,60-61H,36-40H2/t48-,49-,50-,51-,52-,53-,54+,55-,60-,61-/m1/s1. The van der Waals surface area contributed by atoms with Crippen LogP contribution in [0.15, 0.2) is 217 Å². The van der Waals surface area contributed by atoms with Gasteiger partial charge in [-0.15, -0.1) is 0 Å². The SMILES string of the molecule is [N-]=[N+]=N[C@H]1[C@H](OCc2ccccc2)O[C@H](COCc2ccccc2)[C@@H](O[C@H]2O[C@H](COC(=O)c3ccccc3)[C@@H](OC(=O)c3ccccc3)[C@H](OC(=O)c3ccccc3)[C@H]2OC(=O)c2ccccc2)[C@@H]1OCc1ccccc1. The number of hydrogen-bond acceptors (Lipinski definition) is 15. The fourth-order valence-corrected chi connectivity index (χ4v) is 8.88. The zero-order valence-corrected chi connectivity index (χ0v) is 42.1. The molecule has 0 bridgehead atoms. The number of ether oxygens (including phenoxy) is 10. The molecule has 0 aliphatic carbocycles. The fraction of sp³-hybridized carbons (Fsp3) is 0.246. The van der Waals surface area contributed by atoms with Crippen LogP contribution >= 0.6 is 0 Å². The molecule has 7 aromatic carbocycles. The van der Waals surface area contributed by atoms with Crippen LogP contribution in [0.2, 0.25) is 0 Å². The molecule has 2 fully saturated rings. The van der Waals surface area contributed by atoms with Gasteiger partial charge in [-0.25, -0.2) is 19.2 Å². The van der Waals surface area contributed by atoms with Crippen molar-refractivity contribution in [1.82, 2.24) is 0 Å². The van der Waals surface area contributed by atoms with Gasteiger partial charge in [0.25, 0.3) is 0 Å². The highest BCUT2D eigenvalue weighted by molar-refractivity contribution is 5.91. The Morgan fingerprint density at radius 1 is 0.410 bits per heavy atom. The molecule has 0 spiro atoms. The molecule has 7 aromatic rings. The largest absolute Gasteiger partial charge is 0.459 e. The Balaban J connectivity index is 1.16. The average molecular weight is 1050 g/mol. The summed E-state index contributed by atoms with van der Waals surface area (Å²) in [7, 11) is 0. The Morgan fingerprint density at radius 3 is 1.27 bits per heavy atom. The summed E-state index contributed by atoms with van der Waals surface area (Å²) in [5.74, 6) is -3.44. The molecule has 0 N–H and O–H groups in total. The molecule has 0 unspecified atom stereocenters. The minimum absolute atomic E-state index is 0.0311. The van der Waals surface area contributed by atoms with Crippen LogP contribution in [0, 0.1) is 0 Å². The molecule has 17 heteroatoms. The molecule has 78 heavy (non-hydrogen) atoms. The van der Waals surface area contributed by atoms with E-state index in [1.807, 2.05) is 91.0 Å². The van der Waals surface area contributed by atoms with Crippen molar-refractivity contribution in [3.05, 3.63) is 262 Å². The van der Waals surface area contributed by atoms with Crippen LogP contribution in [0.3, 0.4) is 0 Å². The lowest BCUT2D eigenvalue weighted by Gasteiger charge is -2.49. The van der Waals surface area contributed by atoms with Crippen LogP contribution in [0.1, 0.15) is 58.1 Å². The van der Waals surface area contributed by atoms with Crippen molar-refractivity contribution >= 4 is 23.9 Å². The summed E-state index contributed by atoms with van der Waals surface area (Å²) in [6, 6.07) is 59.0. The number of hydrogen-bond donors (Lipinski definition) is 0. The minimum atomic E-state index is -1.81. The highest BCUT2D eigenvalue weighted by Gasteiger charge is 2.57. The van der Waals surface area contributed by atoms with Gasteiger partial charge in [0, 0.05) is 4.91 Å². The van der Waals surface area contributed by atoms with Crippen molar-refractivity contribution in [2.45, 2.75) is 81.2 Å². The molecule has 2 heterocycles. The number of rotatable bonds is 22. The first kappa shape index (κ1) is 54.3. The van der Waals surface area contributed by atoms with E-state index in [9.17, 15) is 24.7 Å². The van der Waals surface area contributed by atoms with Crippen LogP contribution in [0.4, 0.5) is 0 Å². The molecule has 398 valence electrons. The predicted molar refractivity (Wildman–Crippen MR) is 281 cm³/mol. The van der Waals surface area contributed by atoms with Gasteiger partial charge in [0.15, 0.2) is 30.9 Å². The maximum absolute atomic E-state index is 14.5. The first-order chi connectivity index (χ1) is 38.3. The number of esters is 4. The second kappa shape index (κ2) is 27.5. The number of azide groups is 1. The predicted octanol–water partition coefficient (Wildman–Crippen LogP) is 10.1. The van der Waals surface area contributed by atoms with E-state index in [4.69, 9.17) is 47.4 Å². The molecule has 0 amide bonds. The Hall–Kier alpha value is -8.51.